The highest BCUT2D eigenvalue weighted by molar-refractivity contribution is 7.88. The summed E-state index contributed by atoms with van der Waals surface area (Å²) in [5.41, 5.74) is 0.628. The Balaban J connectivity index is 2.66. The second kappa shape index (κ2) is 6.59. The van der Waals surface area contributed by atoms with E-state index in [1.165, 1.54) is 0 Å². The Morgan fingerprint density at radius 3 is 2.53 bits per heavy atom. The van der Waals surface area contributed by atoms with E-state index < -0.39 is 10.0 Å². The fourth-order valence-corrected chi connectivity index (χ4v) is 2.80. The summed E-state index contributed by atoms with van der Waals surface area (Å²) in [6, 6.07) is 4.83. The first-order valence-corrected chi connectivity index (χ1v) is 7.76. The SMILES string of the molecule is CCCCNS(=O)(=O)Cc1ccc(Cl)c(Cl)c1. The second-order valence-electron chi connectivity index (χ2n) is 3.76. The van der Waals surface area contributed by atoms with Gasteiger partial charge in [-0.05, 0) is 24.1 Å². The van der Waals surface area contributed by atoms with Crippen LogP contribution in [0.15, 0.2) is 18.2 Å². The molecule has 1 N–H and O–H groups in total. The molecule has 0 aromatic heterocycles. The molecule has 0 aliphatic carbocycles. The number of nitrogens with one attached hydrogen (secondary N) is 1. The van der Waals surface area contributed by atoms with Gasteiger partial charge in [-0.15, -0.1) is 0 Å². The van der Waals surface area contributed by atoms with Crippen LogP contribution in [0.1, 0.15) is 25.3 Å². The Labute approximate surface area is 112 Å². The molecule has 0 saturated heterocycles. The van der Waals surface area contributed by atoms with Gasteiger partial charge in [0.2, 0.25) is 10.0 Å². The monoisotopic (exact) mass is 295 g/mol. The maximum absolute atomic E-state index is 11.7. The Hall–Kier alpha value is -0.290. The van der Waals surface area contributed by atoms with E-state index >= 15 is 0 Å². The first kappa shape index (κ1) is 14.8. The van der Waals surface area contributed by atoms with Crippen molar-refractivity contribution in [3.63, 3.8) is 0 Å². The minimum absolute atomic E-state index is 0.0758. The van der Waals surface area contributed by atoms with Crippen molar-refractivity contribution in [3.05, 3.63) is 33.8 Å². The zero-order valence-corrected chi connectivity index (χ0v) is 11.9. The summed E-state index contributed by atoms with van der Waals surface area (Å²) in [7, 11) is -3.29. The van der Waals surface area contributed by atoms with E-state index in [0.29, 0.717) is 22.2 Å². The molecule has 17 heavy (non-hydrogen) atoms. The predicted octanol–water partition coefficient (Wildman–Crippen LogP) is 3.21. The van der Waals surface area contributed by atoms with Crippen molar-refractivity contribution < 1.29 is 8.42 Å². The Bertz CT molecular complexity index is 474. The van der Waals surface area contributed by atoms with E-state index in [4.69, 9.17) is 23.2 Å². The van der Waals surface area contributed by atoms with Gasteiger partial charge in [0, 0.05) is 6.54 Å². The Morgan fingerprint density at radius 2 is 1.94 bits per heavy atom. The molecule has 0 bridgehead atoms. The van der Waals surface area contributed by atoms with Crippen molar-refractivity contribution >= 4 is 33.2 Å². The molecule has 96 valence electrons. The average molecular weight is 296 g/mol. The number of benzene rings is 1. The van der Waals surface area contributed by atoms with Crippen LogP contribution < -0.4 is 4.72 Å². The van der Waals surface area contributed by atoms with E-state index in [1.807, 2.05) is 6.92 Å². The summed E-state index contributed by atoms with van der Waals surface area (Å²) >= 11 is 11.6. The quantitative estimate of drug-likeness (QED) is 0.819. The number of sulfonamides is 1. The van der Waals surface area contributed by atoms with Crippen LogP contribution in [0.2, 0.25) is 10.0 Å². The van der Waals surface area contributed by atoms with Crippen molar-refractivity contribution in [2.45, 2.75) is 25.5 Å². The molecule has 1 aromatic carbocycles. The number of hydrogen-bond donors (Lipinski definition) is 1. The highest BCUT2D eigenvalue weighted by Crippen LogP contribution is 2.23. The molecule has 0 radical (unpaired) electrons. The van der Waals surface area contributed by atoms with Gasteiger partial charge in [0.25, 0.3) is 0 Å². The molecular formula is C11H15Cl2NO2S. The van der Waals surface area contributed by atoms with E-state index in [0.717, 1.165) is 12.8 Å². The van der Waals surface area contributed by atoms with E-state index in [-0.39, 0.29) is 5.75 Å². The lowest BCUT2D eigenvalue weighted by molar-refractivity contribution is 0.577. The zero-order chi connectivity index (χ0) is 12.9. The van der Waals surface area contributed by atoms with E-state index in [2.05, 4.69) is 4.72 Å². The maximum Gasteiger partial charge on any atom is 0.215 e. The molecule has 1 rings (SSSR count). The molecule has 0 saturated carbocycles. The van der Waals surface area contributed by atoms with Crippen LogP contribution in [0.3, 0.4) is 0 Å². The van der Waals surface area contributed by atoms with Crippen LogP contribution in [0.25, 0.3) is 0 Å². The molecule has 0 aliphatic rings. The van der Waals surface area contributed by atoms with Gasteiger partial charge < -0.3 is 0 Å². The first-order chi connectivity index (χ1) is 7.94. The molecule has 0 heterocycles. The minimum Gasteiger partial charge on any atom is -0.215 e. The van der Waals surface area contributed by atoms with Gasteiger partial charge in [0.1, 0.15) is 0 Å². The Kier molecular flexibility index (Phi) is 5.73. The van der Waals surface area contributed by atoms with Crippen molar-refractivity contribution in [1.82, 2.24) is 4.72 Å². The van der Waals surface area contributed by atoms with Crippen LogP contribution in [0.4, 0.5) is 0 Å². The summed E-state index contributed by atoms with van der Waals surface area (Å²) in [5, 5.41) is 0.791. The molecule has 3 nitrogen and oxygen atoms in total. The van der Waals surface area contributed by atoms with Gasteiger partial charge in [0.05, 0.1) is 15.8 Å². The topological polar surface area (TPSA) is 46.2 Å². The second-order valence-corrected chi connectivity index (χ2v) is 6.38. The van der Waals surface area contributed by atoms with Gasteiger partial charge in [-0.25, -0.2) is 13.1 Å². The summed E-state index contributed by atoms with van der Waals surface area (Å²) in [6.45, 7) is 2.48. The normalized spacial score (nSPS) is 11.7. The molecule has 0 atom stereocenters. The largest absolute Gasteiger partial charge is 0.215 e. The predicted molar refractivity (Wildman–Crippen MR) is 72.0 cm³/mol. The standard InChI is InChI=1S/C11H15Cl2NO2S/c1-2-3-6-14-17(15,16)8-9-4-5-10(12)11(13)7-9/h4-5,7,14H,2-3,6,8H2,1H3. The summed E-state index contributed by atoms with van der Waals surface area (Å²) in [5.74, 6) is -0.0758. The molecule has 0 amide bonds. The number of rotatable bonds is 6. The lowest BCUT2D eigenvalue weighted by Crippen LogP contribution is -2.26. The summed E-state index contributed by atoms with van der Waals surface area (Å²) in [6.07, 6.45) is 1.79. The van der Waals surface area contributed by atoms with Gasteiger partial charge in [-0.3, -0.25) is 0 Å². The summed E-state index contributed by atoms with van der Waals surface area (Å²) in [4.78, 5) is 0. The van der Waals surface area contributed by atoms with Crippen molar-refractivity contribution in [1.29, 1.82) is 0 Å². The molecule has 6 heteroatoms. The smallest absolute Gasteiger partial charge is 0.215 e. The third kappa shape index (κ3) is 5.25. The third-order valence-corrected chi connectivity index (χ3v) is 4.29. The van der Waals surface area contributed by atoms with E-state index in [1.54, 1.807) is 18.2 Å². The number of halogens is 2. The molecular weight excluding hydrogens is 281 g/mol. The van der Waals surface area contributed by atoms with Gasteiger partial charge in [-0.1, -0.05) is 42.6 Å². The number of hydrogen-bond acceptors (Lipinski definition) is 2. The van der Waals surface area contributed by atoms with E-state index in [9.17, 15) is 8.42 Å². The number of unbranched alkanes of at least 4 members (excludes halogenated alkanes) is 1. The van der Waals surface area contributed by atoms with Crippen LogP contribution in [-0.2, 0) is 15.8 Å². The molecule has 0 aliphatic heterocycles. The average Bonchev–Trinajstić information content (AvgIpc) is 2.23. The maximum atomic E-state index is 11.7. The highest BCUT2D eigenvalue weighted by Gasteiger charge is 2.11. The van der Waals surface area contributed by atoms with Crippen LogP contribution in [-0.4, -0.2) is 15.0 Å². The third-order valence-electron chi connectivity index (χ3n) is 2.19. The highest BCUT2D eigenvalue weighted by atomic mass is 35.5. The van der Waals surface area contributed by atoms with Crippen molar-refractivity contribution in [2.24, 2.45) is 0 Å². The fraction of sp³-hybridized carbons (Fsp3) is 0.455. The molecule has 0 unspecified atom stereocenters. The first-order valence-electron chi connectivity index (χ1n) is 5.36. The van der Waals surface area contributed by atoms with Crippen LogP contribution in [0.5, 0.6) is 0 Å². The zero-order valence-electron chi connectivity index (χ0n) is 9.54. The molecule has 0 fully saturated rings. The lowest BCUT2D eigenvalue weighted by atomic mass is 10.2. The van der Waals surface area contributed by atoms with Crippen molar-refractivity contribution in [2.75, 3.05) is 6.54 Å². The molecule has 0 spiro atoms. The molecule has 1 aromatic rings. The van der Waals surface area contributed by atoms with Crippen LogP contribution >= 0.6 is 23.2 Å². The fourth-order valence-electron chi connectivity index (χ4n) is 1.30. The Morgan fingerprint density at radius 1 is 1.24 bits per heavy atom. The summed E-state index contributed by atoms with van der Waals surface area (Å²) < 4.78 is 25.9. The van der Waals surface area contributed by atoms with Gasteiger partial charge >= 0.3 is 0 Å². The minimum atomic E-state index is -3.29. The van der Waals surface area contributed by atoms with Crippen molar-refractivity contribution in [3.8, 4) is 0 Å². The lowest BCUT2D eigenvalue weighted by Gasteiger charge is -2.06. The van der Waals surface area contributed by atoms with Gasteiger partial charge in [-0.2, -0.15) is 0 Å². The van der Waals surface area contributed by atoms with Gasteiger partial charge in [0.15, 0.2) is 0 Å². The van der Waals surface area contributed by atoms with Crippen LogP contribution in [0, 0.1) is 0 Å².